The van der Waals surface area contributed by atoms with E-state index >= 15 is 0 Å². The number of Topliss-reactive ketones (excluding diaryl/α,β-unsaturated/α-hetero) is 1. The lowest BCUT2D eigenvalue weighted by Gasteiger charge is -2.40. The molecular weight excluding hydrogens is 472 g/mol. The van der Waals surface area contributed by atoms with Crippen LogP contribution in [0.4, 0.5) is 5.95 Å². The van der Waals surface area contributed by atoms with Crippen molar-refractivity contribution >= 4 is 11.7 Å². The number of allylic oxidation sites excluding steroid dienone is 3. The minimum Gasteiger partial charge on any atom is -0.493 e. The van der Waals surface area contributed by atoms with Crippen molar-refractivity contribution in [2.45, 2.75) is 24.7 Å². The van der Waals surface area contributed by atoms with Crippen LogP contribution < -0.4 is 24.8 Å². The summed E-state index contributed by atoms with van der Waals surface area (Å²) < 4.78 is 16.6. The van der Waals surface area contributed by atoms with Crippen LogP contribution in [-0.2, 0) is 4.79 Å². The molecular formula is C27H26N6O4. The molecule has 2 aliphatic rings. The van der Waals surface area contributed by atoms with Gasteiger partial charge in [0.25, 0.3) is 0 Å². The summed E-state index contributed by atoms with van der Waals surface area (Å²) in [5.74, 6) is 0.902. The largest absolute Gasteiger partial charge is 0.493 e. The van der Waals surface area contributed by atoms with Crippen LogP contribution in [-0.4, -0.2) is 42.3 Å². The van der Waals surface area contributed by atoms with Gasteiger partial charge in [0.1, 0.15) is 12.1 Å². The highest BCUT2D eigenvalue weighted by Crippen LogP contribution is 2.50. The van der Waals surface area contributed by atoms with Gasteiger partial charge in [-0.3, -0.25) is 9.69 Å². The van der Waals surface area contributed by atoms with Gasteiger partial charge < -0.3 is 19.9 Å². The molecule has 37 heavy (non-hydrogen) atoms. The lowest BCUT2D eigenvalue weighted by molar-refractivity contribution is -0.116. The number of ether oxygens (including phenoxy) is 3. The van der Waals surface area contributed by atoms with Gasteiger partial charge in [-0.1, -0.05) is 30.3 Å². The molecule has 0 saturated carbocycles. The summed E-state index contributed by atoms with van der Waals surface area (Å²) in [6.45, 7) is 0. The topological polar surface area (TPSA) is 139 Å². The SMILES string of the molecule is COc1cc(C2C(C#N)=C(N)N(c3ncn[nH]3)C3=C2C(=O)CC(c2ccccc2)C3)cc(OC)c1OC. The third-order valence-corrected chi connectivity index (χ3v) is 6.87. The van der Waals surface area contributed by atoms with Crippen LogP contribution in [0.1, 0.15) is 35.8 Å². The van der Waals surface area contributed by atoms with E-state index in [1.54, 1.807) is 17.0 Å². The quantitative estimate of drug-likeness (QED) is 0.522. The number of methoxy groups -OCH3 is 3. The van der Waals surface area contributed by atoms with E-state index in [4.69, 9.17) is 19.9 Å². The van der Waals surface area contributed by atoms with Crippen molar-refractivity contribution in [2.75, 3.05) is 26.2 Å². The number of hydrogen-bond acceptors (Lipinski definition) is 9. The van der Waals surface area contributed by atoms with Gasteiger partial charge in [-0.15, -0.1) is 0 Å². The fourth-order valence-corrected chi connectivity index (χ4v) is 5.24. The van der Waals surface area contributed by atoms with E-state index in [0.717, 1.165) is 5.56 Å². The first-order valence-corrected chi connectivity index (χ1v) is 11.7. The predicted octanol–water partition coefficient (Wildman–Crippen LogP) is 3.53. The number of nitrogens with zero attached hydrogens (tertiary/aromatic N) is 4. The minimum atomic E-state index is -0.725. The molecule has 10 heteroatoms. The van der Waals surface area contributed by atoms with E-state index in [-0.39, 0.29) is 23.1 Å². The van der Waals surface area contributed by atoms with E-state index in [1.807, 2.05) is 30.3 Å². The number of hydrogen-bond donors (Lipinski definition) is 2. The summed E-state index contributed by atoms with van der Waals surface area (Å²) in [6.07, 6.45) is 2.18. The number of nitriles is 1. The molecule has 1 aliphatic carbocycles. The average Bonchev–Trinajstić information content (AvgIpc) is 3.46. The van der Waals surface area contributed by atoms with E-state index in [9.17, 15) is 10.1 Å². The Balaban J connectivity index is 1.74. The van der Waals surface area contributed by atoms with Crippen LogP contribution in [0.15, 0.2) is 71.5 Å². The zero-order chi connectivity index (χ0) is 26.1. The van der Waals surface area contributed by atoms with Crippen molar-refractivity contribution in [2.24, 2.45) is 5.73 Å². The summed E-state index contributed by atoms with van der Waals surface area (Å²) in [5.41, 5.74) is 9.72. The van der Waals surface area contributed by atoms with Crippen molar-refractivity contribution in [3.63, 3.8) is 0 Å². The second-order valence-corrected chi connectivity index (χ2v) is 8.75. The van der Waals surface area contributed by atoms with Gasteiger partial charge in [0.15, 0.2) is 17.3 Å². The first-order chi connectivity index (χ1) is 18.0. The first kappa shape index (κ1) is 23.9. The lowest BCUT2D eigenvalue weighted by Crippen LogP contribution is -2.40. The Morgan fingerprint density at radius 3 is 2.32 bits per heavy atom. The molecule has 0 bridgehead atoms. The van der Waals surface area contributed by atoms with Crippen LogP contribution in [0.25, 0.3) is 0 Å². The molecule has 2 aromatic carbocycles. The highest BCUT2D eigenvalue weighted by molar-refractivity contribution is 6.01. The molecule has 0 spiro atoms. The molecule has 10 nitrogen and oxygen atoms in total. The van der Waals surface area contributed by atoms with Crippen molar-refractivity contribution in [3.8, 4) is 23.3 Å². The van der Waals surface area contributed by atoms with Crippen molar-refractivity contribution in [3.05, 3.63) is 82.6 Å². The Hall–Kier alpha value is -4.78. The van der Waals surface area contributed by atoms with E-state index < -0.39 is 5.92 Å². The Morgan fingerprint density at radius 2 is 1.76 bits per heavy atom. The molecule has 0 amide bonds. The smallest absolute Gasteiger partial charge is 0.231 e. The molecule has 188 valence electrons. The van der Waals surface area contributed by atoms with Gasteiger partial charge in [0.05, 0.1) is 38.9 Å². The molecule has 0 saturated heterocycles. The first-order valence-electron chi connectivity index (χ1n) is 11.7. The summed E-state index contributed by atoms with van der Waals surface area (Å²) in [4.78, 5) is 19.8. The van der Waals surface area contributed by atoms with E-state index in [2.05, 4.69) is 21.3 Å². The fourth-order valence-electron chi connectivity index (χ4n) is 5.24. The Bertz CT molecular complexity index is 1410. The number of nitrogens with one attached hydrogen (secondary N) is 1. The van der Waals surface area contributed by atoms with E-state index in [1.165, 1.54) is 27.7 Å². The molecule has 5 rings (SSSR count). The predicted molar refractivity (Wildman–Crippen MR) is 135 cm³/mol. The van der Waals surface area contributed by atoms with Gasteiger partial charge in [-0.25, -0.2) is 5.10 Å². The standard InChI is InChI=1S/C27H26N6O4/c1-35-21-11-17(12-22(36-2)25(21)37-3)23-18(13-28)26(29)33(27-30-14-31-32-27)19-9-16(10-20(34)24(19)23)15-7-5-4-6-8-15/h4-8,11-12,14,16,23H,9-10,29H2,1-3H3,(H,30,31,32). The molecule has 3 N–H and O–H groups in total. The molecule has 2 unspecified atom stereocenters. The summed E-state index contributed by atoms with van der Waals surface area (Å²) >= 11 is 0. The number of carbonyl (C=O) groups excluding carboxylic acids is 1. The summed E-state index contributed by atoms with van der Waals surface area (Å²) in [5, 5.41) is 17.1. The highest BCUT2D eigenvalue weighted by Gasteiger charge is 2.44. The highest BCUT2D eigenvalue weighted by atomic mass is 16.5. The molecule has 2 heterocycles. The molecule has 1 aromatic heterocycles. The van der Waals surface area contributed by atoms with Crippen LogP contribution in [0, 0.1) is 11.3 Å². The Morgan fingerprint density at radius 1 is 1.05 bits per heavy atom. The molecule has 0 radical (unpaired) electrons. The van der Waals surface area contributed by atoms with E-state index in [0.29, 0.717) is 52.9 Å². The average molecular weight is 499 g/mol. The number of nitrogens with two attached hydrogens (primary N) is 1. The molecule has 0 fully saturated rings. The lowest BCUT2D eigenvalue weighted by atomic mass is 9.72. The number of benzene rings is 2. The van der Waals surface area contributed by atoms with Crippen LogP contribution in [0.2, 0.25) is 0 Å². The summed E-state index contributed by atoms with van der Waals surface area (Å²) in [6, 6.07) is 15.6. The van der Waals surface area contributed by atoms with Gasteiger partial charge in [0, 0.05) is 17.7 Å². The van der Waals surface area contributed by atoms with Gasteiger partial charge >= 0.3 is 0 Å². The maximum absolute atomic E-state index is 13.9. The second kappa shape index (κ2) is 9.70. The maximum atomic E-state index is 13.9. The van der Waals surface area contributed by atoms with Crippen molar-refractivity contribution in [1.29, 1.82) is 5.26 Å². The van der Waals surface area contributed by atoms with Crippen molar-refractivity contribution < 1.29 is 19.0 Å². The van der Waals surface area contributed by atoms with Crippen LogP contribution in [0.3, 0.4) is 0 Å². The Kier molecular flexibility index (Phi) is 6.27. The normalized spacial score (nSPS) is 19.4. The monoisotopic (exact) mass is 498 g/mol. The fraction of sp³-hybridized carbons (Fsp3) is 0.259. The number of anilines is 1. The number of ketones is 1. The minimum absolute atomic E-state index is 0.0603. The zero-order valence-electron chi connectivity index (χ0n) is 20.7. The second-order valence-electron chi connectivity index (χ2n) is 8.75. The molecule has 3 aromatic rings. The van der Waals surface area contributed by atoms with Crippen molar-refractivity contribution in [1.82, 2.24) is 15.2 Å². The third kappa shape index (κ3) is 3.94. The molecule has 1 aliphatic heterocycles. The molecule has 2 atom stereocenters. The van der Waals surface area contributed by atoms with Gasteiger partial charge in [-0.2, -0.15) is 15.3 Å². The van der Waals surface area contributed by atoms with Gasteiger partial charge in [0.2, 0.25) is 11.7 Å². The van der Waals surface area contributed by atoms with Crippen LogP contribution >= 0.6 is 0 Å². The number of aromatic nitrogens is 3. The number of carbonyl (C=O) groups is 1. The summed E-state index contributed by atoms with van der Waals surface area (Å²) in [7, 11) is 4.55. The number of aromatic amines is 1. The maximum Gasteiger partial charge on any atom is 0.231 e. The number of rotatable bonds is 6. The third-order valence-electron chi connectivity index (χ3n) is 6.87. The van der Waals surface area contributed by atoms with Crippen LogP contribution in [0.5, 0.6) is 17.2 Å². The van der Waals surface area contributed by atoms with Gasteiger partial charge in [-0.05, 0) is 35.6 Å². The number of H-pyrrole nitrogens is 1. The zero-order valence-corrected chi connectivity index (χ0v) is 20.7. The Labute approximate surface area is 214 Å².